The molecule has 2 heterocycles. The number of anilines is 1. The van der Waals surface area contributed by atoms with E-state index in [1.165, 1.54) is 11.3 Å². The molecule has 0 saturated heterocycles. The third-order valence-corrected chi connectivity index (χ3v) is 5.25. The maximum atomic E-state index is 11.9. The van der Waals surface area contributed by atoms with E-state index < -0.39 is 17.9 Å². The Hall–Kier alpha value is -4.12. The average molecular weight is 646 g/mol. The van der Waals surface area contributed by atoms with E-state index in [9.17, 15) is 15.0 Å². The molecule has 12 heteroatoms. The number of hydrogen-bond donors (Lipinski definition) is 0. The minimum atomic E-state index is -1.35. The molecule has 1 unspecified atom stereocenters. The van der Waals surface area contributed by atoms with Gasteiger partial charge in [-0.15, -0.1) is 0 Å². The fraction of sp³-hybridized carbons (Fsp3) is 0.0714. The molecule has 0 amide bonds. The molecule has 11 nitrogen and oxygen atoms in total. The molecule has 40 heavy (non-hydrogen) atoms. The van der Waals surface area contributed by atoms with E-state index >= 15 is 0 Å². The summed E-state index contributed by atoms with van der Waals surface area (Å²) in [6.07, 6.45) is 12.5. The van der Waals surface area contributed by atoms with Crippen LogP contribution in [0.3, 0.4) is 0 Å². The topological polar surface area (TPSA) is 240 Å². The van der Waals surface area contributed by atoms with E-state index in [0.717, 1.165) is 5.56 Å². The molecule has 2 aliphatic heterocycles. The second-order valence-electron chi connectivity index (χ2n) is 7.61. The van der Waals surface area contributed by atoms with Crippen LogP contribution in [0.4, 0.5) is 5.69 Å². The van der Waals surface area contributed by atoms with Crippen LogP contribution < -0.4 is 15.2 Å². The number of nitrogens with zero attached hydrogens (tertiary/aromatic N) is 3. The van der Waals surface area contributed by atoms with Crippen molar-refractivity contribution in [2.24, 2.45) is 4.99 Å². The van der Waals surface area contributed by atoms with E-state index in [4.69, 9.17) is 0 Å². The fourth-order valence-electron chi connectivity index (χ4n) is 3.55. The molecule has 5 rings (SSSR count). The van der Waals surface area contributed by atoms with Crippen LogP contribution in [0.15, 0.2) is 121 Å². The van der Waals surface area contributed by atoms with Crippen LogP contribution in [-0.4, -0.2) is 50.3 Å². The van der Waals surface area contributed by atoms with E-state index in [2.05, 4.69) is 57.8 Å². The third-order valence-electron chi connectivity index (χ3n) is 5.25. The number of aliphatic carboxylic acids is 1. The van der Waals surface area contributed by atoms with Gasteiger partial charge in [0, 0.05) is 30.6 Å². The standard InChI is InChI=1S/C16H15NO3.C12H10N2.5H2O.Pd/c18-15(13-9-5-2-6-10-13)17-14(16(19)20)11-12-7-3-1-4-8-12;1-2-6-12-11(5-1)7-10-13-8-3-4-9-14(12)13;;;;;;/h1-10,14H,11H2,(H,17,18)(H,19,20);1-10H;5*1H2;/q;;;;;;;+2/p-2. The number of carbonyl (C=O) groups is 1. The summed E-state index contributed by atoms with van der Waals surface area (Å²) in [5.41, 5.74) is 3.64. The van der Waals surface area contributed by atoms with Crippen molar-refractivity contribution in [1.29, 1.82) is 0 Å². The number of rotatable bonds is 5. The number of carboxylic acid groups (broad SMARTS) is 1. The number of hydrogen-bond acceptors (Lipinski definition) is 6. The van der Waals surface area contributed by atoms with Crippen LogP contribution in [0.2, 0.25) is 0 Å². The van der Waals surface area contributed by atoms with Crippen molar-refractivity contribution >= 4 is 23.6 Å². The van der Waals surface area contributed by atoms with Crippen molar-refractivity contribution in [2.45, 2.75) is 12.5 Å². The third kappa shape index (κ3) is 10.6. The van der Waals surface area contributed by atoms with Crippen LogP contribution in [0, 0.1) is 0 Å². The van der Waals surface area contributed by atoms with Gasteiger partial charge in [-0.2, -0.15) is 0 Å². The number of hydrazine groups is 1. The first-order chi connectivity index (χ1) is 16.6. The molecule has 0 spiro atoms. The van der Waals surface area contributed by atoms with Crippen molar-refractivity contribution in [3.8, 4) is 0 Å². The zero-order valence-corrected chi connectivity index (χ0v) is 22.8. The van der Waals surface area contributed by atoms with Gasteiger partial charge in [-0.1, -0.05) is 78.9 Å². The molecular weight excluding hydrogens is 613 g/mol. The van der Waals surface area contributed by atoms with Gasteiger partial charge in [0.15, 0.2) is 0 Å². The summed E-state index contributed by atoms with van der Waals surface area (Å²) in [7, 11) is 0. The molecule has 1 atom stereocenters. The predicted octanol–water partition coefficient (Wildman–Crippen LogP) is -1.24. The van der Waals surface area contributed by atoms with Crippen LogP contribution in [0.25, 0.3) is 6.08 Å². The van der Waals surface area contributed by atoms with E-state index in [1.54, 1.807) is 54.6 Å². The minimum absolute atomic E-state index is 0. The molecule has 0 aliphatic carbocycles. The number of benzene rings is 3. The molecule has 218 valence electrons. The maximum absolute atomic E-state index is 11.9. The van der Waals surface area contributed by atoms with E-state index in [1.807, 2.05) is 24.4 Å². The molecule has 0 aromatic heterocycles. The van der Waals surface area contributed by atoms with Crippen molar-refractivity contribution in [2.75, 3.05) is 5.01 Å². The van der Waals surface area contributed by atoms with Crippen molar-refractivity contribution < 1.29 is 62.8 Å². The number of para-hydroxylation sites is 1. The Balaban J connectivity index is -0.000000616. The van der Waals surface area contributed by atoms with Crippen molar-refractivity contribution in [1.82, 2.24) is 5.01 Å². The molecule has 0 fully saturated rings. The van der Waals surface area contributed by atoms with Crippen LogP contribution in [0.5, 0.6) is 0 Å². The summed E-state index contributed by atoms with van der Waals surface area (Å²) in [6.45, 7) is 0. The van der Waals surface area contributed by atoms with Crippen LogP contribution >= 0.6 is 0 Å². The van der Waals surface area contributed by atoms with E-state index in [-0.39, 0.29) is 54.2 Å². The Morgan fingerprint density at radius 1 is 0.725 bits per heavy atom. The van der Waals surface area contributed by atoms with Gasteiger partial charge in [-0.25, -0.2) is 0 Å². The van der Waals surface area contributed by atoms with Crippen molar-refractivity contribution in [3.63, 3.8) is 0 Å². The molecule has 3 aromatic rings. The largest absolute Gasteiger partial charge is 2.00 e. The Labute approximate surface area is 245 Å². The predicted molar refractivity (Wildman–Crippen MR) is 148 cm³/mol. The molecule has 0 radical (unpaired) electrons. The second-order valence-corrected chi connectivity index (χ2v) is 7.61. The Kier molecular flexibility index (Phi) is 20.1. The molecule has 10 N–H and O–H groups in total. The summed E-state index contributed by atoms with van der Waals surface area (Å²) in [5, 5.41) is 27.2. The van der Waals surface area contributed by atoms with Gasteiger partial charge in [-0.3, -0.25) is 15.0 Å². The Bertz CT molecular complexity index is 1250. The fourth-order valence-corrected chi connectivity index (χ4v) is 3.55. The maximum Gasteiger partial charge on any atom is 2.00 e. The zero-order valence-electron chi connectivity index (χ0n) is 21.2. The monoisotopic (exact) mass is 645 g/mol. The van der Waals surface area contributed by atoms with Gasteiger partial charge < -0.3 is 42.4 Å². The molecule has 2 aliphatic rings. The Morgan fingerprint density at radius 3 is 1.90 bits per heavy atom. The number of fused-ring (bicyclic) bond motifs is 3. The summed E-state index contributed by atoms with van der Waals surface area (Å²) in [5.74, 6) is -1.89. The number of allylic oxidation sites excluding steroid dienone is 2. The van der Waals surface area contributed by atoms with Crippen LogP contribution in [-0.2, 0) is 31.6 Å². The first kappa shape index (κ1) is 40.4. The summed E-state index contributed by atoms with van der Waals surface area (Å²) >= 11 is 0. The van der Waals surface area contributed by atoms with E-state index in [0.29, 0.717) is 5.56 Å². The SMILES string of the molecule is C1=CN2C=Cc3ccccc3N2C=C1.O.O.O.O.O.O=C([O-])C(Cc1ccccc1)N=C([O-])c1ccccc1.[Pd+2]. The quantitative estimate of drug-likeness (QED) is 0.187. The average Bonchev–Trinajstić information content (AvgIpc) is 2.89. The number of carbonyl (C=O) groups excluding carboxylic acids is 1. The van der Waals surface area contributed by atoms with Gasteiger partial charge in [-0.05, 0) is 41.3 Å². The Morgan fingerprint density at radius 2 is 1.27 bits per heavy atom. The summed E-state index contributed by atoms with van der Waals surface area (Å²) in [6, 6.07) is 24.6. The molecule has 0 saturated carbocycles. The van der Waals surface area contributed by atoms with Gasteiger partial charge >= 0.3 is 20.4 Å². The summed E-state index contributed by atoms with van der Waals surface area (Å²) in [4.78, 5) is 14.9. The smallest absolute Gasteiger partial charge is 0.858 e. The minimum Gasteiger partial charge on any atom is -0.858 e. The van der Waals surface area contributed by atoms with Gasteiger partial charge in [0.2, 0.25) is 0 Å². The van der Waals surface area contributed by atoms with Gasteiger partial charge in [0.05, 0.1) is 17.7 Å². The zero-order chi connectivity index (χ0) is 23.8. The van der Waals surface area contributed by atoms with Gasteiger partial charge in [0.25, 0.3) is 0 Å². The van der Waals surface area contributed by atoms with Crippen LogP contribution in [0.1, 0.15) is 16.7 Å². The first-order valence-corrected chi connectivity index (χ1v) is 10.9. The first-order valence-electron chi connectivity index (χ1n) is 10.9. The normalized spacial score (nSPS) is 12.3. The molecular formula is C28H33N3O8Pd. The second kappa shape index (κ2) is 19.9. The number of aliphatic imine (C=N–C) groups is 1. The molecule has 0 bridgehead atoms. The number of carboxylic acids is 1. The van der Waals surface area contributed by atoms with Crippen molar-refractivity contribution in [3.05, 3.63) is 132 Å². The van der Waals surface area contributed by atoms with Gasteiger partial charge in [0.1, 0.15) is 0 Å². The molecule has 3 aromatic carbocycles. The summed E-state index contributed by atoms with van der Waals surface area (Å²) < 4.78 is 0.